The molecule has 0 unspecified atom stereocenters. The third-order valence-corrected chi connectivity index (χ3v) is 7.57. The van der Waals surface area contributed by atoms with Gasteiger partial charge >= 0.3 is 0 Å². The van der Waals surface area contributed by atoms with E-state index in [4.69, 9.17) is 5.26 Å². The van der Waals surface area contributed by atoms with Crippen LogP contribution in [0.5, 0.6) is 0 Å². The molecule has 0 saturated heterocycles. The van der Waals surface area contributed by atoms with Crippen molar-refractivity contribution in [2.24, 2.45) is 5.92 Å². The molecule has 178 valence electrons. The zero-order valence-corrected chi connectivity index (χ0v) is 20.1. The van der Waals surface area contributed by atoms with Gasteiger partial charge < -0.3 is 5.32 Å². The summed E-state index contributed by atoms with van der Waals surface area (Å²) in [5.41, 5.74) is 5.43. The summed E-state index contributed by atoms with van der Waals surface area (Å²) in [6.45, 7) is 3.20. The number of benzene rings is 2. The Bertz CT molecular complexity index is 1260. The normalized spacial score (nSPS) is 20.4. The number of rotatable bonds is 6. The average molecular weight is 465 g/mol. The summed E-state index contributed by atoms with van der Waals surface area (Å²) >= 11 is 0. The Hall–Kier alpha value is -3.49. The first-order valence-electron chi connectivity index (χ1n) is 12.7. The van der Waals surface area contributed by atoms with Crippen LogP contribution in [-0.2, 0) is 17.8 Å². The monoisotopic (exact) mass is 464 g/mol. The van der Waals surface area contributed by atoms with Gasteiger partial charge in [0.2, 0.25) is 5.91 Å². The van der Waals surface area contributed by atoms with E-state index in [1.54, 1.807) is 12.3 Å². The largest absolute Gasteiger partial charge is 0.350 e. The third kappa shape index (κ3) is 5.78. The van der Waals surface area contributed by atoms with Crippen molar-refractivity contribution >= 4 is 22.9 Å². The lowest BCUT2D eigenvalue weighted by Crippen LogP contribution is -2.37. The quantitative estimate of drug-likeness (QED) is 0.507. The van der Waals surface area contributed by atoms with Crippen LogP contribution in [0.1, 0.15) is 54.4 Å². The van der Waals surface area contributed by atoms with E-state index in [9.17, 15) is 4.79 Å². The fraction of sp³-hybridized carbons (Fsp3) is 0.367. The van der Waals surface area contributed by atoms with Gasteiger partial charge in [-0.05, 0) is 98.0 Å². The van der Waals surface area contributed by atoms with Crippen molar-refractivity contribution in [1.82, 2.24) is 15.2 Å². The van der Waals surface area contributed by atoms with Crippen LogP contribution in [0.3, 0.4) is 0 Å². The molecular weight excluding hydrogens is 432 g/mol. The minimum atomic E-state index is -0.0131. The van der Waals surface area contributed by atoms with Crippen molar-refractivity contribution in [1.29, 1.82) is 5.26 Å². The Morgan fingerprint density at radius 3 is 2.83 bits per heavy atom. The first kappa shape index (κ1) is 23.3. The molecular formula is C30H32N4O. The van der Waals surface area contributed by atoms with E-state index in [-0.39, 0.29) is 11.9 Å². The molecule has 1 aromatic heterocycles. The van der Waals surface area contributed by atoms with Crippen molar-refractivity contribution in [3.63, 3.8) is 0 Å². The highest BCUT2D eigenvalue weighted by atomic mass is 16.1. The number of aromatic nitrogens is 1. The van der Waals surface area contributed by atoms with Crippen molar-refractivity contribution in [3.05, 3.63) is 83.1 Å². The predicted molar refractivity (Wildman–Crippen MR) is 139 cm³/mol. The second-order valence-corrected chi connectivity index (χ2v) is 9.89. The van der Waals surface area contributed by atoms with Gasteiger partial charge in [0.25, 0.3) is 0 Å². The van der Waals surface area contributed by atoms with Crippen molar-refractivity contribution in [2.45, 2.75) is 51.1 Å². The summed E-state index contributed by atoms with van der Waals surface area (Å²) < 4.78 is 0. The molecule has 2 heterocycles. The molecule has 1 fully saturated rings. The van der Waals surface area contributed by atoms with E-state index in [1.165, 1.54) is 30.4 Å². The van der Waals surface area contributed by atoms with Gasteiger partial charge in [0.15, 0.2) is 0 Å². The van der Waals surface area contributed by atoms with E-state index >= 15 is 0 Å². The maximum absolute atomic E-state index is 12.5. The lowest BCUT2D eigenvalue weighted by atomic mass is 9.84. The van der Waals surface area contributed by atoms with E-state index in [1.807, 2.05) is 42.5 Å². The minimum Gasteiger partial charge on any atom is -0.350 e. The number of hydrogen-bond acceptors (Lipinski definition) is 4. The zero-order chi connectivity index (χ0) is 24.0. The summed E-state index contributed by atoms with van der Waals surface area (Å²) in [6, 6.07) is 18.6. The molecule has 1 amide bonds. The maximum Gasteiger partial charge on any atom is 0.244 e. The summed E-state index contributed by atoms with van der Waals surface area (Å²) in [7, 11) is 0. The number of fused-ring (bicyclic) bond motifs is 2. The summed E-state index contributed by atoms with van der Waals surface area (Å²) in [4.78, 5) is 19.5. The van der Waals surface area contributed by atoms with Gasteiger partial charge in [-0.2, -0.15) is 5.26 Å². The first-order valence-corrected chi connectivity index (χ1v) is 12.7. The van der Waals surface area contributed by atoms with Crippen molar-refractivity contribution < 1.29 is 4.79 Å². The Morgan fingerprint density at radius 1 is 1.11 bits per heavy atom. The molecule has 35 heavy (non-hydrogen) atoms. The molecule has 3 aromatic rings. The standard InChI is InChI=1S/C30H32N4O/c31-20-23-5-8-26-21-34(18-15-25(26)19-23)17-14-22-6-10-27(11-7-22)33-30(35)12-9-24-13-16-32-29-4-2-1-3-28(24)29/h1-5,8-9,12-13,16,19,22,27H,6-7,10-11,14-15,17-18,21H2,(H,33,35)/b12-9+. The van der Waals surface area contributed by atoms with Crippen LogP contribution in [0.25, 0.3) is 17.0 Å². The molecule has 1 aliphatic heterocycles. The first-order chi connectivity index (χ1) is 17.2. The van der Waals surface area contributed by atoms with Gasteiger partial charge in [-0.15, -0.1) is 0 Å². The number of nitrogens with one attached hydrogen (secondary N) is 1. The summed E-state index contributed by atoms with van der Waals surface area (Å²) in [6.07, 6.45) is 12.1. The third-order valence-electron chi connectivity index (χ3n) is 7.57. The molecule has 0 bridgehead atoms. The Morgan fingerprint density at radius 2 is 1.97 bits per heavy atom. The fourth-order valence-corrected chi connectivity index (χ4v) is 5.51. The van der Waals surface area contributed by atoms with Gasteiger partial charge in [0.1, 0.15) is 0 Å². The lowest BCUT2D eigenvalue weighted by molar-refractivity contribution is -0.117. The summed E-state index contributed by atoms with van der Waals surface area (Å²) in [5.74, 6) is 0.727. The van der Waals surface area contributed by atoms with Crippen LogP contribution in [0.4, 0.5) is 0 Å². The number of para-hydroxylation sites is 1. The number of hydrogen-bond donors (Lipinski definition) is 1. The maximum atomic E-state index is 12.5. The molecule has 5 nitrogen and oxygen atoms in total. The molecule has 5 rings (SSSR count). The Kier molecular flexibility index (Phi) is 7.20. The van der Waals surface area contributed by atoms with Gasteiger partial charge in [0, 0.05) is 36.8 Å². The van der Waals surface area contributed by atoms with Crippen molar-refractivity contribution in [2.75, 3.05) is 13.1 Å². The van der Waals surface area contributed by atoms with Gasteiger partial charge in [-0.1, -0.05) is 24.3 Å². The summed E-state index contributed by atoms with van der Waals surface area (Å²) in [5, 5.41) is 13.4. The van der Waals surface area contributed by atoms with Crippen molar-refractivity contribution in [3.8, 4) is 6.07 Å². The SMILES string of the molecule is N#Cc1ccc2c(c1)CCN(CCC1CCC(NC(=O)/C=C/c3ccnc4ccccc34)CC1)C2. The minimum absolute atomic E-state index is 0.0131. The Labute approximate surface area is 207 Å². The smallest absolute Gasteiger partial charge is 0.244 e. The number of nitriles is 1. The van der Waals surface area contributed by atoms with E-state index in [2.05, 4.69) is 33.4 Å². The van der Waals surface area contributed by atoms with Gasteiger partial charge in [-0.25, -0.2) is 0 Å². The van der Waals surface area contributed by atoms with Crippen LogP contribution in [0.2, 0.25) is 0 Å². The molecule has 0 spiro atoms. The molecule has 1 aliphatic carbocycles. The molecule has 2 aliphatic rings. The molecule has 1 N–H and O–H groups in total. The Balaban J connectivity index is 1.05. The average Bonchev–Trinajstić information content (AvgIpc) is 2.91. The molecule has 0 atom stereocenters. The zero-order valence-electron chi connectivity index (χ0n) is 20.1. The fourth-order valence-electron chi connectivity index (χ4n) is 5.51. The molecule has 0 radical (unpaired) electrons. The number of carbonyl (C=O) groups excluding carboxylic acids is 1. The van der Waals surface area contributed by atoms with E-state index in [0.717, 1.165) is 66.8 Å². The molecule has 2 aromatic carbocycles. The van der Waals surface area contributed by atoms with Gasteiger partial charge in [-0.3, -0.25) is 14.7 Å². The number of nitrogens with zero attached hydrogens (tertiary/aromatic N) is 3. The van der Waals surface area contributed by atoms with E-state index < -0.39 is 0 Å². The lowest BCUT2D eigenvalue weighted by Gasteiger charge is -2.33. The van der Waals surface area contributed by atoms with Crippen LogP contribution >= 0.6 is 0 Å². The van der Waals surface area contributed by atoms with Crippen LogP contribution < -0.4 is 5.32 Å². The number of amides is 1. The van der Waals surface area contributed by atoms with Crippen LogP contribution in [-0.4, -0.2) is 34.9 Å². The highest BCUT2D eigenvalue weighted by Gasteiger charge is 2.23. The highest BCUT2D eigenvalue weighted by Crippen LogP contribution is 2.28. The molecule has 1 saturated carbocycles. The van der Waals surface area contributed by atoms with E-state index in [0.29, 0.717) is 0 Å². The second kappa shape index (κ2) is 10.8. The second-order valence-electron chi connectivity index (χ2n) is 9.89. The number of carbonyl (C=O) groups is 1. The molecule has 5 heteroatoms. The van der Waals surface area contributed by atoms with Crippen LogP contribution in [0.15, 0.2) is 60.8 Å². The highest BCUT2D eigenvalue weighted by molar-refractivity contribution is 5.95. The number of pyridine rings is 1. The van der Waals surface area contributed by atoms with Crippen LogP contribution in [0, 0.1) is 17.2 Å². The van der Waals surface area contributed by atoms with Gasteiger partial charge in [0.05, 0.1) is 17.1 Å². The predicted octanol–water partition coefficient (Wildman–Crippen LogP) is 5.24. The topological polar surface area (TPSA) is 69.0 Å².